The van der Waals surface area contributed by atoms with Gasteiger partial charge in [-0.3, -0.25) is 0 Å². The molecule has 0 fully saturated rings. The topological polar surface area (TPSA) is 32.3 Å². The fraction of sp³-hybridized carbons (Fsp3) is 0.125. The summed E-state index contributed by atoms with van der Waals surface area (Å²) in [6, 6.07) is 13.9. The van der Waals surface area contributed by atoms with Gasteiger partial charge in [0, 0.05) is 34.0 Å². The molecule has 1 aromatic carbocycles. The molecule has 0 radical (unpaired) electrons. The normalized spacial score (nSPS) is 10.8. The molecular formula is C16H15NOS2. The molecule has 2 aromatic heterocycles. The molecule has 0 aliphatic heterocycles. The zero-order valence-electron chi connectivity index (χ0n) is 10.9. The van der Waals surface area contributed by atoms with E-state index in [1.54, 1.807) is 28.7 Å². The van der Waals surface area contributed by atoms with Crippen LogP contribution in [0.25, 0.3) is 10.4 Å². The predicted octanol–water partition coefficient (Wildman–Crippen LogP) is 4.47. The lowest BCUT2D eigenvalue weighted by Gasteiger charge is -2.05. The van der Waals surface area contributed by atoms with Gasteiger partial charge in [0.2, 0.25) is 0 Å². The fourth-order valence-corrected chi connectivity index (χ4v) is 3.67. The summed E-state index contributed by atoms with van der Waals surface area (Å²) >= 11 is 3.53. The highest BCUT2D eigenvalue weighted by atomic mass is 32.1. The van der Waals surface area contributed by atoms with Gasteiger partial charge in [0.25, 0.3) is 0 Å². The number of aromatic hydroxyl groups is 1. The van der Waals surface area contributed by atoms with E-state index in [-0.39, 0.29) is 0 Å². The van der Waals surface area contributed by atoms with E-state index in [0.717, 1.165) is 12.1 Å². The molecule has 0 saturated heterocycles. The Morgan fingerprint density at radius 3 is 2.70 bits per heavy atom. The lowest BCUT2D eigenvalue weighted by atomic mass is 10.2. The second-order valence-electron chi connectivity index (χ2n) is 4.51. The maximum absolute atomic E-state index is 9.70. The Balaban J connectivity index is 1.58. The van der Waals surface area contributed by atoms with Crippen LogP contribution in [-0.2, 0) is 13.1 Å². The quantitative estimate of drug-likeness (QED) is 0.728. The smallest absolute Gasteiger partial charge is 0.120 e. The van der Waals surface area contributed by atoms with Gasteiger partial charge in [-0.05, 0) is 29.0 Å². The molecule has 0 saturated carbocycles. The third-order valence-corrected chi connectivity index (χ3v) is 4.92. The van der Waals surface area contributed by atoms with Crippen LogP contribution in [0.4, 0.5) is 0 Å². The molecule has 4 heteroatoms. The largest absolute Gasteiger partial charge is 0.508 e. The van der Waals surface area contributed by atoms with Gasteiger partial charge in [-0.2, -0.15) is 0 Å². The Labute approximate surface area is 126 Å². The van der Waals surface area contributed by atoms with Crippen molar-refractivity contribution in [3.05, 3.63) is 63.7 Å². The Hall–Kier alpha value is -1.62. The van der Waals surface area contributed by atoms with Crippen LogP contribution < -0.4 is 5.32 Å². The summed E-state index contributed by atoms with van der Waals surface area (Å²) in [4.78, 5) is 2.62. The van der Waals surface area contributed by atoms with Crippen LogP contribution in [-0.4, -0.2) is 5.11 Å². The number of benzene rings is 1. The molecule has 2 heterocycles. The average Bonchev–Trinajstić information content (AvgIpc) is 3.11. The summed E-state index contributed by atoms with van der Waals surface area (Å²) in [6.45, 7) is 1.50. The van der Waals surface area contributed by atoms with Crippen LogP contribution >= 0.6 is 22.7 Å². The molecule has 3 rings (SSSR count). The Morgan fingerprint density at radius 2 is 1.90 bits per heavy atom. The lowest BCUT2D eigenvalue weighted by molar-refractivity contribution is 0.464. The number of phenols is 1. The van der Waals surface area contributed by atoms with Crippen LogP contribution in [0.1, 0.15) is 10.4 Å². The van der Waals surface area contributed by atoms with Crippen LogP contribution in [0.5, 0.6) is 5.75 Å². The van der Waals surface area contributed by atoms with Crippen LogP contribution in [0, 0.1) is 0 Å². The fourth-order valence-electron chi connectivity index (χ4n) is 2.03. The molecule has 3 aromatic rings. The first kappa shape index (κ1) is 13.4. The molecular weight excluding hydrogens is 286 g/mol. The average molecular weight is 301 g/mol. The Morgan fingerprint density at radius 1 is 1.00 bits per heavy atom. The van der Waals surface area contributed by atoms with E-state index in [1.807, 2.05) is 18.2 Å². The first-order valence-corrected chi connectivity index (χ1v) is 8.18. The monoisotopic (exact) mass is 301 g/mol. The van der Waals surface area contributed by atoms with E-state index in [0.29, 0.717) is 12.3 Å². The zero-order chi connectivity index (χ0) is 13.8. The van der Waals surface area contributed by atoms with Crippen molar-refractivity contribution in [1.29, 1.82) is 0 Å². The van der Waals surface area contributed by atoms with E-state index < -0.39 is 0 Å². The summed E-state index contributed by atoms with van der Waals surface area (Å²) in [6.07, 6.45) is 0. The van der Waals surface area contributed by atoms with Crippen LogP contribution in [0.3, 0.4) is 0 Å². The highest BCUT2D eigenvalue weighted by molar-refractivity contribution is 7.14. The van der Waals surface area contributed by atoms with Gasteiger partial charge in [0.15, 0.2) is 0 Å². The number of rotatable bonds is 5. The van der Waals surface area contributed by atoms with Crippen molar-refractivity contribution in [3.8, 4) is 16.2 Å². The Bertz CT molecular complexity index is 673. The van der Waals surface area contributed by atoms with E-state index in [9.17, 15) is 5.11 Å². The Kier molecular flexibility index (Phi) is 4.16. The van der Waals surface area contributed by atoms with Gasteiger partial charge in [-0.15, -0.1) is 22.7 Å². The van der Waals surface area contributed by atoms with E-state index >= 15 is 0 Å². The van der Waals surface area contributed by atoms with Gasteiger partial charge in [-0.25, -0.2) is 0 Å². The van der Waals surface area contributed by atoms with Gasteiger partial charge in [0.05, 0.1) is 0 Å². The van der Waals surface area contributed by atoms with Crippen molar-refractivity contribution in [2.75, 3.05) is 0 Å². The summed E-state index contributed by atoms with van der Waals surface area (Å²) in [5.74, 6) is 0.352. The van der Waals surface area contributed by atoms with Crippen molar-refractivity contribution in [3.63, 3.8) is 0 Å². The molecule has 0 amide bonds. The van der Waals surface area contributed by atoms with E-state index in [4.69, 9.17) is 0 Å². The molecule has 2 N–H and O–H groups in total. The number of nitrogens with one attached hydrogen (secondary N) is 1. The van der Waals surface area contributed by atoms with Crippen molar-refractivity contribution >= 4 is 22.7 Å². The number of thiophene rings is 2. The van der Waals surface area contributed by atoms with Crippen molar-refractivity contribution < 1.29 is 5.11 Å². The summed E-state index contributed by atoms with van der Waals surface area (Å²) in [5.41, 5.74) is 2.23. The number of hydrogen-bond acceptors (Lipinski definition) is 4. The minimum absolute atomic E-state index is 0.352. The summed E-state index contributed by atoms with van der Waals surface area (Å²) < 4.78 is 0. The first-order chi connectivity index (χ1) is 9.83. The minimum Gasteiger partial charge on any atom is -0.508 e. The molecule has 2 nitrogen and oxygen atoms in total. The first-order valence-electron chi connectivity index (χ1n) is 6.42. The molecule has 20 heavy (non-hydrogen) atoms. The van der Waals surface area contributed by atoms with Gasteiger partial charge in [-0.1, -0.05) is 24.3 Å². The molecule has 0 aliphatic rings. The highest BCUT2D eigenvalue weighted by Gasteiger charge is 2.04. The van der Waals surface area contributed by atoms with Crippen molar-refractivity contribution in [2.24, 2.45) is 0 Å². The third-order valence-electron chi connectivity index (χ3n) is 3.07. The van der Waals surface area contributed by atoms with E-state index in [1.165, 1.54) is 15.3 Å². The molecule has 0 unspecified atom stereocenters. The van der Waals surface area contributed by atoms with Crippen molar-refractivity contribution in [1.82, 2.24) is 5.32 Å². The third kappa shape index (κ3) is 3.10. The highest BCUT2D eigenvalue weighted by Crippen LogP contribution is 2.29. The second kappa shape index (κ2) is 6.22. The van der Waals surface area contributed by atoms with Crippen molar-refractivity contribution in [2.45, 2.75) is 13.1 Å². The number of phenolic OH excluding ortho intramolecular Hbond substituents is 1. The van der Waals surface area contributed by atoms with Gasteiger partial charge in [0.1, 0.15) is 5.75 Å². The van der Waals surface area contributed by atoms with Gasteiger partial charge >= 0.3 is 0 Å². The SMILES string of the molecule is Oc1ccccc1CNCc1cc(-c2cccs2)cs1. The molecule has 0 aliphatic carbocycles. The number of para-hydroxylation sites is 1. The lowest BCUT2D eigenvalue weighted by Crippen LogP contribution is -2.11. The molecule has 0 atom stereocenters. The van der Waals surface area contributed by atoms with Gasteiger partial charge < -0.3 is 10.4 Å². The molecule has 102 valence electrons. The predicted molar refractivity (Wildman–Crippen MR) is 86.3 cm³/mol. The maximum atomic E-state index is 9.70. The minimum atomic E-state index is 0.352. The molecule has 0 bridgehead atoms. The van der Waals surface area contributed by atoms with Crippen LogP contribution in [0.2, 0.25) is 0 Å². The number of hydrogen-bond donors (Lipinski definition) is 2. The molecule has 0 spiro atoms. The standard InChI is InChI=1S/C16H15NOS2/c18-15-5-2-1-4-12(15)9-17-10-14-8-13(11-20-14)16-6-3-7-19-16/h1-8,11,17-18H,9-10H2. The second-order valence-corrected chi connectivity index (χ2v) is 6.45. The summed E-state index contributed by atoms with van der Waals surface area (Å²) in [7, 11) is 0. The van der Waals surface area contributed by atoms with E-state index in [2.05, 4.69) is 34.3 Å². The maximum Gasteiger partial charge on any atom is 0.120 e. The summed E-state index contributed by atoms with van der Waals surface area (Å²) in [5, 5.41) is 17.4. The zero-order valence-corrected chi connectivity index (χ0v) is 12.5. The van der Waals surface area contributed by atoms with Crippen LogP contribution in [0.15, 0.2) is 53.2 Å².